The van der Waals surface area contributed by atoms with E-state index in [9.17, 15) is 5.11 Å². The van der Waals surface area contributed by atoms with Crippen molar-refractivity contribution in [2.24, 2.45) is 11.8 Å². The van der Waals surface area contributed by atoms with Gasteiger partial charge in [0.1, 0.15) is 5.75 Å². The van der Waals surface area contributed by atoms with E-state index >= 15 is 0 Å². The number of benzene rings is 1. The van der Waals surface area contributed by atoms with Crippen LogP contribution in [0.2, 0.25) is 0 Å². The van der Waals surface area contributed by atoms with Gasteiger partial charge in [-0.15, -0.1) is 0 Å². The lowest BCUT2D eigenvalue weighted by molar-refractivity contribution is 0.146. The molecule has 0 spiro atoms. The average molecular weight is 249 g/mol. The predicted octanol–water partition coefficient (Wildman–Crippen LogP) is 2.36. The summed E-state index contributed by atoms with van der Waals surface area (Å²) in [6.45, 7) is 7.34. The van der Waals surface area contributed by atoms with E-state index in [2.05, 4.69) is 32.2 Å². The highest BCUT2D eigenvalue weighted by Gasteiger charge is 2.29. The van der Waals surface area contributed by atoms with Crippen molar-refractivity contribution < 1.29 is 9.84 Å². The van der Waals surface area contributed by atoms with Gasteiger partial charge in [0, 0.05) is 23.6 Å². The molecule has 1 aromatic rings. The number of fused-ring (bicyclic) bond motifs is 1. The number of para-hydroxylation sites is 1. The summed E-state index contributed by atoms with van der Waals surface area (Å²) in [4.78, 5) is 0. The number of aliphatic hydroxyl groups excluding tert-OH is 1. The minimum atomic E-state index is 0.128. The Labute approximate surface area is 109 Å². The molecule has 0 saturated carbocycles. The van der Waals surface area contributed by atoms with E-state index in [1.165, 1.54) is 5.56 Å². The van der Waals surface area contributed by atoms with Crippen LogP contribution < -0.4 is 10.1 Å². The van der Waals surface area contributed by atoms with Gasteiger partial charge >= 0.3 is 0 Å². The van der Waals surface area contributed by atoms with Gasteiger partial charge in [-0.25, -0.2) is 0 Å². The van der Waals surface area contributed by atoms with Gasteiger partial charge in [0.05, 0.1) is 13.2 Å². The van der Waals surface area contributed by atoms with Gasteiger partial charge in [0.2, 0.25) is 0 Å². The molecule has 0 bridgehead atoms. The molecule has 3 atom stereocenters. The lowest BCUT2D eigenvalue weighted by Gasteiger charge is -2.35. The zero-order valence-corrected chi connectivity index (χ0v) is 11.4. The highest BCUT2D eigenvalue weighted by atomic mass is 16.5. The SMILES string of the molecule is CC(C)C(CO)NC1c2ccccc2OCC1C. The Bertz CT molecular complexity index is 392. The fourth-order valence-corrected chi connectivity index (χ4v) is 2.43. The first-order chi connectivity index (χ1) is 8.63. The van der Waals surface area contributed by atoms with Crippen LogP contribution in [0.5, 0.6) is 5.75 Å². The molecule has 1 heterocycles. The zero-order valence-electron chi connectivity index (χ0n) is 11.4. The fourth-order valence-electron chi connectivity index (χ4n) is 2.43. The quantitative estimate of drug-likeness (QED) is 0.860. The molecule has 3 heteroatoms. The van der Waals surface area contributed by atoms with Crippen molar-refractivity contribution in [2.75, 3.05) is 13.2 Å². The second-order valence-corrected chi connectivity index (χ2v) is 5.50. The first kappa shape index (κ1) is 13.4. The van der Waals surface area contributed by atoms with Crippen LogP contribution in [0.1, 0.15) is 32.4 Å². The number of nitrogens with one attached hydrogen (secondary N) is 1. The van der Waals surface area contributed by atoms with E-state index in [4.69, 9.17) is 4.74 Å². The monoisotopic (exact) mass is 249 g/mol. The summed E-state index contributed by atoms with van der Waals surface area (Å²) in [5.74, 6) is 1.79. The smallest absolute Gasteiger partial charge is 0.124 e. The van der Waals surface area contributed by atoms with E-state index in [1.807, 2.05) is 18.2 Å². The highest BCUT2D eigenvalue weighted by Crippen LogP contribution is 2.35. The molecule has 1 aliphatic heterocycles. The minimum absolute atomic E-state index is 0.128. The van der Waals surface area contributed by atoms with Crippen molar-refractivity contribution >= 4 is 0 Å². The molecule has 2 rings (SSSR count). The van der Waals surface area contributed by atoms with Crippen molar-refractivity contribution in [1.29, 1.82) is 0 Å². The van der Waals surface area contributed by atoms with Crippen molar-refractivity contribution in [3.05, 3.63) is 29.8 Å². The van der Waals surface area contributed by atoms with Crippen LogP contribution in [0.15, 0.2) is 24.3 Å². The summed E-state index contributed by atoms with van der Waals surface area (Å²) in [5, 5.41) is 13.0. The lowest BCUT2D eigenvalue weighted by Crippen LogP contribution is -2.44. The highest BCUT2D eigenvalue weighted by molar-refractivity contribution is 5.38. The van der Waals surface area contributed by atoms with Gasteiger partial charge in [-0.3, -0.25) is 0 Å². The van der Waals surface area contributed by atoms with Gasteiger partial charge in [0.25, 0.3) is 0 Å². The number of hydrogen-bond acceptors (Lipinski definition) is 3. The molecular formula is C15H23NO2. The third-order valence-corrected chi connectivity index (χ3v) is 3.72. The van der Waals surface area contributed by atoms with Crippen LogP contribution in [0.3, 0.4) is 0 Å². The molecule has 0 radical (unpaired) electrons. The molecule has 1 aromatic carbocycles. The van der Waals surface area contributed by atoms with Crippen molar-refractivity contribution in [2.45, 2.75) is 32.9 Å². The minimum Gasteiger partial charge on any atom is -0.493 e. The zero-order chi connectivity index (χ0) is 13.1. The van der Waals surface area contributed by atoms with E-state index in [-0.39, 0.29) is 18.7 Å². The molecule has 1 aliphatic rings. The van der Waals surface area contributed by atoms with Crippen LogP contribution >= 0.6 is 0 Å². The summed E-state index contributed by atoms with van der Waals surface area (Å²) in [6.07, 6.45) is 0. The summed E-state index contributed by atoms with van der Waals surface area (Å²) >= 11 is 0. The molecule has 3 unspecified atom stereocenters. The molecule has 100 valence electrons. The largest absolute Gasteiger partial charge is 0.493 e. The normalized spacial score (nSPS) is 24.5. The van der Waals surface area contributed by atoms with Crippen molar-refractivity contribution in [3.8, 4) is 5.75 Å². The second-order valence-electron chi connectivity index (χ2n) is 5.50. The lowest BCUT2D eigenvalue weighted by atomic mass is 9.90. The van der Waals surface area contributed by atoms with E-state index < -0.39 is 0 Å². The first-order valence-electron chi connectivity index (χ1n) is 6.72. The number of rotatable bonds is 4. The van der Waals surface area contributed by atoms with Gasteiger partial charge < -0.3 is 15.2 Å². The third-order valence-electron chi connectivity index (χ3n) is 3.72. The molecule has 0 fully saturated rings. The summed E-state index contributed by atoms with van der Waals surface area (Å²) < 4.78 is 5.74. The Morgan fingerprint density at radius 1 is 1.39 bits per heavy atom. The van der Waals surface area contributed by atoms with E-state index in [0.717, 1.165) is 12.4 Å². The van der Waals surface area contributed by atoms with Crippen LogP contribution in [0, 0.1) is 11.8 Å². The summed E-state index contributed by atoms with van der Waals surface area (Å²) in [6, 6.07) is 8.55. The maximum atomic E-state index is 9.47. The van der Waals surface area contributed by atoms with Crippen LogP contribution in [0.4, 0.5) is 0 Å². The Morgan fingerprint density at radius 3 is 2.78 bits per heavy atom. The molecular weight excluding hydrogens is 226 g/mol. The molecule has 18 heavy (non-hydrogen) atoms. The van der Waals surface area contributed by atoms with Crippen LogP contribution in [-0.4, -0.2) is 24.4 Å². The van der Waals surface area contributed by atoms with Crippen LogP contribution in [-0.2, 0) is 0 Å². The molecule has 3 nitrogen and oxygen atoms in total. The second kappa shape index (κ2) is 5.72. The van der Waals surface area contributed by atoms with E-state index in [1.54, 1.807) is 0 Å². The Kier molecular flexibility index (Phi) is 4.25. The van der Waals surface area contributed by atoms with Crippen molar-refractivity contribution in [3.63, 3.8) is 0 Å². The van der Waals surface area contributed by atoms with Crippen molar-refractivity contribution in [1.82, 2.24) is 5.32 Å². The standard InChI is InChI=1S/C15H23NO2/c1-10(2)13(8-17)16-15-11(3)9-18-14-7-5-4-6-12(14)15/h4-7,10-11,13,15-17H,8-9H2,1-3H3. The average Bonchev–Trinajstić information content (AvgIpc) is 2.37. The predicted molar refractivity (Wildman–Crippen MR) is 72.7 cm³/mol. The summed E-state index contributed by atoms with van der Waals surface area (Å²) in [5.41, 5.74) is 1.20. The summed E-state index contributed by atoms with van der Waals surface area (Å²) in [7, 11) is 0. The van der Waals surface area contributed by atoms with Crippen LogP contribution in [0.25, 0.3) is 0 Å². The first-order valence-corrected chi connectivity index (χ1v) is 6.72. The fraction of sp³-hybridized carbons (Fsp3) is 0.600. The molecule has 0 amide bonds. The number of ether oxygens (including phenoxy) is 1. The maximum Gasteiger partial charge on any atom is 0.124 e. The van der Waals surface area contributed by atoms with Gasteiger partial charge in [-0.05, 0) is 12.0 Å². The molecule has 0 aromatic heterocycles. The van der Waals surface area contributed by atoms with Gasteiger partial charge in [-0.2, -0.15) is 0 Å². The molecule has 0 aliphatic carbocycles. The number of hydrogen-bond donors (Lipinski definition) is 2. The topological polar surface area (TPSA) is 41.5 Å². The third kappa shape index (κ3) is 2.68. The Hall–Kier alpha value is -1.06. The van der Waals surface area contributed by atoms with Gasteiger partial charge in [-0.1, -0.05) is 39.0 Å². The molecule has 2 N–H and O–H groups in total. The number of aliphatic hydroxyl groups is 1. The van der Waals surface area contributed by atoms with Gasteiger partial charge in [0.15, 0.2) is 0 Å². The maximum absolute atomic E-state index is 9.47. The van der Waals surface area contributed by atoms with E-state index in [0.29, 0.717) is 11.8 Å². The molecule has 0 saturated heterocycles. The Balaban J connectivity index is 2.21. The Morgan fingerprint density at radius 2 is 2.11 bits per heavy atom.